The van der Waals surface area contributed by atoms with Crippen LogP contribution in [0.25, 0.3) is 0 Å². The number of anilines is 2. The van der Waals surface area contributed by atoms with Crippen molar-refractivity contribution in [2.24, 2.45) is 0 Å². The first kappa shape index (κ1) is 18.7. The summed E-state index contributed by atoms with van der Waals surface area (Å²) in [5.74, 6) is 0. The van der Waals surface area contributed by atoms with E-state index in [1.54, 1.807) is 0 Å². The number of benzene rings is 2. The van der Waals surface area contributed by atoms with E-state index in [2.05, 4.69) is 41.5 Å². The molecule has 4 heteroatoms. The SMILES string of the molecule is CC(C)(C)c1ccc(N(c2ccc(C(C)(C)C)cc2)S(=O)[O-])cc1. The summed E-state index contributed by atoms with van der Waals surface area (Å²) in [7, 11) is 0. The fourth-order valence-electron chi connectivity index (χ4n) is 2.51. The van der Waals surface area contributed by atoms with E-state index in [0.29, 0.717) is 11.4 Å². The highest BCUT2D eigenvalue weighted by Gasteiger charge is 2.17. The van der Waals surface area contributed by atoms with Gasteiger partial charge in [-0.2, -0.15) is 0 Å². The molecule has 1 atom stereocenters. The molecule has 0 aliphatic rings. The molecular formula is C20H26NO2S-. The summed E-state index contributed by atoms with van der Waals surface area (Å²) < 4.78 is 24.9. The van der Waals surface area contributed by atoms with Crippen molar-refractivity contribution in [1.29, 1.82) is 0 Å². The van der Waals surface area contributed by atoms with Gasteiger partial charge in [-0.15, -0.1) is 0 Å². The lowest BCUT2D eigenvalue weighted by molar-refractivity contribution is 0.537. The van der Waals surface area contributed by atoms with Gasteiger partial charge in [0, 0.05) is 0 Å². The van der Waals surface area contributed by atoms with Gasteiger partial charge in [0.1, 0.15) is 0 Å². The quantitative estimate of drug-likeness (QED) is 0.717. The van der Waals surface area contributed by atoms with Gasteiger partial charge in [-0.1, -0.05) is 65.8 Å². The summed E-state index contributed by atoms with van der Waals surface area (Å²) in [6.45, 7) is 12.8. The van der Waals surface area contributed by atoms with Crippen LogP contribution in [0.3, 0.4) is 0 Å². The molecule has 130 valence electrons. The fourth-order valence-corrected chi connectivity index (χ4v) is 3.10. The van der Waals surface area contributed by atoms with E-state index < -0.39 is 11.3 Å². The molecule has 0 saturated heterocycles. The van der Waals surface area contributed by atoms with Crippen molar-refractivity contribution >= 4 is 22.6 Å². The Balaban J connectivity index is 2.38. The predicted molar refractivity (Wildman–Crippen MR) is 101 cm³/mol. The van der Waals surface area contributed by atoms with Gasteiger partial charge >= 0.3 is 0 Å². The maximum Gasteiger partial charge on any atom is 0.0538 e. The van der Waals surface area contributed by atoms with Crippen molar-refractivity contribution in [2.45, 2.75) is 52.4 Å². The van der Waals surface area contributed by atoms with Gasteiger partial charge in [-0.25, -0.2) is 0 Å². The Morgan fingerprint density at radius 2 is 1.00 bits per heavy atom. The Morgan fingerprint density at radius 1 is 0.708 bits per heavy atom. The number of hydrogen-bond acceptors (Lipinski definition) is 2. The van der Waals surface area contributed by atoms with E-state index in [1.807, 2.05) is 48.5 Å². The molecule has 0 spiro atoms. The average Bonchev–Trinajstić information content (AvgIpc) is 2.46. The van der Waals surface area contributed by atoms with Gasteiger partial charge in [0.2, 0.25) is 0 Å². The first-order valence-corrected chi connectivity index (χ1v) is 9.14. The van der Waals surface area contributed by atoms with Crippen molar-refractivity contribution in [3.05, 3.63) is 59.7 Å². The zero-order chi connectivity index (χ0) is 18.1. The molecule has 0 radical (unpaired) electrons. The monoisotopic (exact) mass is 344 g/mol. The van der Waals surface area contributed by atoms with Crippen LogP contribution in [0.5, 0.6) is 0 Å². The average molecular weight is 345 g/mol. The summed E-state index contributed by atoms with van der Waals surface area (Å²) in [6, 6.07) is 15.4. The topological polar surface area (TPSA) is 43.4 Å². The van der Waals surface area contributed by atoms with Crippen LogP contribution in [-0.4, -0.2) is 8.76 Å². The number of nitrogens with zero attached hydrogens (tertiary/aromatic N) is 1. The van der Waals surface area contributed by atoms with Crippen LogP contribution in [-0.2, 0) is 22.1 Å². The number of hydrogen-bond donors (Lipinski definition) is 0. The minimum Gasteiger partial charge on any atom is -0.755 e. The van der Waals surface area contributed by atoms with Crippen LogP contribution in [0.4, 0.5) is 11.4 Å². The van der Waals surface area contributed by atoms with Gasteiger partial charge in [0.25, 0.3) is 0 Å². The molecule has 0 bridgehead atoms. The smallest absolute Gasteiger partial charge is 0.0538 e. The van der Waals surface area contributed by atoms with E-state index >= 15 is 0 Å². The summed E-state index contributed by atoms with van der Waals surface area (Å²) in [6.07, 6.45) is 0. The molecule has 2 aromatic rings. The van der Waals surface area contributed by atoms with Crippen molar-refractivity contribution in [1.82, 2.24) is 0 Å². The summed E-state index contributed by atoms with van der Waals surface area (Å²) in [5, 5.41) is 0. The molecule has 0 saturated carbocycles. The standard InChI is InChI=1S/C20H27NO2S/c1-19(2,3)15-7-11-17(12-8-15)21(24(22)23)18-13-9-16(10-14-18)20(4,5)6/h7-14H,1-6H3,(H,22,23)/p-1. The van der Waals surface area contributed by atoms with Gasteiger partial charge in [0.05, 0.1) is 22.6 Å². The second-order valence-corrected chi connectivity index (χ2v) is 8.90. The van der Waals surface area contributed by atoms with Crippen LogP contribution in [0.2, 0.25) is 0 Å². The molecule has 3 nitrogen and oxygen atoms in total. The minimum absolute atomic E-state index is 0.0360. The summed E-state index contributed by atoms with van der Waals surface area (Å²) in [5.41, 5.74) is 3.69. The Labute approximate surface area is 148 Å². The van der Waals surface area contributed by atoms with Crippen LogP contribution < -0.4 is 4.31 Å². The summed E-state index contributed by atoms with van der Waals surface area (Å²) in [4.78, 5) is 0. The molecule has 24 heavy (non-hydrogen) atoms. The Morgan fingerprint density at radius 3 is 1.21 bits per heavy atom. The second kappa shape index (κ2) is 6.69. The molecule has 2 rings (SSSR count). The van der Waals surface area contributed by atoms with E-state index in [0.717, 1.165) is 0 Å². The molecule has 0 aromatic heterocycles. The molecule has 0 heterocycles. The van der Waals surface area contributed by atoms with Gasteiger partial charge < -0.3 is 4.55 Å². The van der Waals surface area contributed by atoms with Crippen molar-refractivity contribution in [2.75, 3.05) is 4.31 Å². The second-order valence-electron chi connectivity index (χ2n) is 8.11. The van der Waals surface area contributed by atoms with E-state index in [4.69, 9.17) is 0 Å². The summed E-state index contributed by atoms with van der Waals surface area (Å²) >= 11 is -2.38. The van der Waals surface area contributed by atoms with Gasteiger partial charge in [0.15, 0.2) is 0 Å². The maximum absolute atomic E-state index is 11.8. The molecule has 0 fully saturated rings. The molecular weight excluding hydrogens is 318 g/mol. The number of rotatable bonds is 3. The van der Waals surface area contributed by atoms with Crippen molar-refractivity contribution < 1.29 is 8.76 Å². The molecule has 1 unspecified atom stereocenters. The van der Waals surface area contributed by atoms with Crippen LogP contribution in [0.1, 0.15) is 52.7 Å². The molecule has 0 aliphatic carbocycles. The van der Waals surface area contributed by atoms with E-state index in [1.165, 1.54) is 15.4 Å². The maximum atomic E-state index is 11.8. The zero-order valence-corrected chi connectivity index (χ0v) is 16.1. The van der Waals surface area contributed by atoms with Gasteiger partial charge in [-0.05, 0) is 46.2 Å². The lowest BCUT2D eigenvalue weighted by Gasteiger charge is -2.28. The normalized spacial score (nSPS) is 13.6. The van der Waals surface area contributed by atoms with Crippen molar-refractivity contribution in [3.63, 3.8) is 0 Å². The molecule has 2 aromatic carbocycles. The first-order chi connectivity index (χ1) is 11.0. The van der Waals surface area contributed by atoms with E-state index in [9.17, 15) is 8.76 Å². The lowest BCUT2D eigenvalue weighted by atomic mass is 9.87. The Kier molecular flexibility index (Phi) is 5.21. The van der Waals surface area contributed by atoms with Crippen LogP contribution in [0.15, 0.2) is 48.5 Å². The highest BCUT2D eigenvalue weighted by atomic mass is 32.2. The third-order valence-electron chi connectivity index (χ3n) is 4.08. The molecule has 0 aliphatic heterocycles. The highest BCUT2D eigenvalue weighted by Crippen LogP contribution is 2.31. The third kappa shape index (κ3) is 4.25. The Hall–Kier alpha value is -1.65. The van der Waals surface area contributed by atoms with Crippen molar-refractivity contribution in [3.8, 4) is 0 Å². The minimum atomic E-state index is -2.38. The molecule has 0 amide bonds. The lowest BCUT2D eigenvalue weighted by Crippen LogP contribution is -2.20. The van der Waals surface area contributed by atoms with Crippen LogP contribution >= 0.6 is 0 Å². The van der Waals surface area contributed by atoms with Crippen LogP contribution in [0, 0.1) is 0 Å². The third-order valence-corrected chi connectivity index (χ3v) is 4.80. The molecule has 0 N–H and O–H groups in total. The van der Waals surface area contributed by atoms with E-state index in [-0.39, 0.29) is 10.8 Å². The van der Waals surface area contributed by atoms with Gasteiger partial charge in [-0.3, -0.25) is 8.51 Å². The first-order valence-electron chi connectivity index (χ1n) is 8.11. The largest absolute Gasteiger partial charge is 0.755 e. The highest BCUT2D eigenvalue weighted by molar-refractivity contribution is 7.81. The fraction of sp³-hybridized carbons (Fsp3) is 0.400. The Bertz CT molecular complexity index is 650. The predicted octanol–water partition coefficient (Wildman–Crippen LogP) is 5.21. The zero-order valence-electron chi connectivity index (χ0n) is 15.3.